The van der Waals surface area contributed by atoms with Crippen LogP contribution in [0.25, 0.3) is 5.52 Å². The second kappa shape index (κ2) is 6.88. The fourth-order valence-electron chi connectivity index (χ4n) is 4.40. The van der Waals surface area contributed by atoms with E-state index >= 15 is 0 Å². The van der Waals surface area contributed by atoms with Gasteiger partial charge in [0.25, 0.3) is 5.91 Å². The Labute approximate surface area is 168 Å². The Bertz CT molecular complexity index is 1030. The summed E-state index contributed by atoms with van der Waals surface area (Å²) in [5.41, 5.74) is 3.77. The second-order valence-corrected chi connectivity index (χ2v) is 9.29. The topological polar surface area (TPSA) is 53.7 Å². The van der Waals surface area contributed by atoms with Crippen molar-refractivity contribution in [3.63, 3.8) is 0 Å². The summed E-state index contributed by atoms with van der Waals surface area (Å²) in [5, 5.41) is 4.82. The minimum Gasteiger partial charge on any atom is -0.351 e. The molecule has 0 saturated carbocycles. The van der Waals surface area contributed by atoms with Gasteiger partial charge in [0.05, 0.1) is 10.6 Å². The van der Waals surface area contributed by atoms with Crippen LogP contribution in [0.4, 0.5) is 5.82 Å². The first-order valence-electron chi connectivity index (χ1n) is 10.1. The smallest absolute Gasteiger partial charge is 0.264 e. The van der Waals surface area contributed by atoms with Gasteiger partial charge in [0, 0.05) is 49.0 Å². The molecule has 146 valence electrons. The minimum atomic E-state index is 0.152. The maximum Gasteiger partial charge on any atom is 0.264 e. The zero-order chi connectivity index (χ0) is 19.3. The highest BCUT2D eigenvalue weighted by Gasteiger charge is 2.28. The van der Waals surface area contributed by atoms with Crippen molar-refractivity contribution in [2.45, 2.75) is 33.1 Å². The van der Waals surface area contributed by atoms with Crippen molar-refractivity contribution in [1.82, 2.24) is 19.5 Å². The lowest BCUT2D eigenvalue weighted by Crippen LogP contribution is -2.49. The summed E-state index contributed by atoms with van der Waals surface area (Å²) >= 11 is 1.58. The predicted molar refractivity (Wildman–Crippen MR) is 111 cm³/mol. The van der Waals surface area contributed by atoms with Crippen LogP contribution in [0, 0.1) is 12.8 Å². The molecule has 0 spiro atoms. The van der Waals surface area contributed by atoms with Crippen LogP contribution in [0.2, 0.25) is 0 Å². The molecule has 1 atom stereocenters. The van der Waals surface area contributed by atoms with Gasteiger partial charge in [0.1, 0.15) is 5.52 Å². The van der Waals surface area contributed by atoms with Crippen LogP contribution in [-0.2, 0) is 12.8 Å². The molecule has 1 unspecified atom stereocenters. The highest BCUT2D eigenvalue weighted by atomic mass is 32.1. The lowest BCUT2D eigenvalue weighted by molar-refractivity contribution is 0.0751. The number of carbonyl (C=O) groups is 1. The third kappa shape index (κ3) is 2.98. The molecular weight excluding hydrogens is 370 g/mol. The van der Waals surface area contributed by atoms with Gasteiger partial charge in [-0.3, -0.25) is 4.79 Å². The number of aryl methyl sites for hydroxylation is 2. The number of hydrogen-bond donors (Lipinski definition) is 0. The van der Waals surface area contributed by atoms with Crippen LogP contribution in [0.15, 0.2) is 24.5 Å². The molecule has 0 aromatic carbocycles. The van der Waals surface area contributed by atoms with Crippen molar-refractivity contribution in [2.24, 2.45) is 5.92 Å². The Balaban J connectivity index is 1.39. The van der Waals surface area contributed by atoms with Gasteiger partial charge in [0.15, 0.2) is 5.82 Å². The molecule has 0 bridgehead atoms. The number of amides is 1. The maximum absolute atomic E-state index is 12.7. The van der Waals surface area contributed by atoms with E-state index in [1.807, 2.05) is 40.9 Å². The quantitative estimate of drug-likeness (QED) is 0.669. The number of hydrogen-bond acceptors (Lipinski definition) is 5. The van der Waals surface area contributed by atoms with Crippen molar-refractivity contribution in [3.05, 3.63) is 45.5 Å². The van der Waals surface area contributed by atoms with Crippen LogP contribution in [-0.4, -0.2) is 51.6 Å². The lowest BCUT2D eigenvalue weighted by Gasteiger charge is -2.35. The molecular formula is C21H25N5OS. The molecule has 1 fully saturated rings. The van der Waals surface area contributed by atoms with E-state index in [1.54, 1.807) is 11.3 Å². The third-order valence-electron chi connectivity index (χ3n) is 5.95. The Hall–Kier alpha value is -2.41. The Kier molecular flexibility index (Phi) is 4.34. The van der Waals surface area contributed by atoms with Gasteiger partial charge in [-0.05, 0) is 44.2 Å². The number of aromatic nitrogens is 3. The fourth-order valence-corrected chi connectivity index (χ4v) is 5.23. The molecule has 2 aliphatic rings. The first-order valence-corrected chi connectivity index (χ1v) is 10.9. The number of piperazine rings is 1. The molecule has 0 radical (unpaired) electrons. The van der Waals surface area contributed by atoms with Crippen molar-refractivity contribution in [2.75, 3.05) is 31.1 Å². The summed E-state index contributed by atoms with van der Waals surface area (Å²) in [4.78, 5) is 23.8. The molecule has 4 heterocycles. The summed E-state index contributed by atoms with van der Waals surface area (Å²) < 4.78 is 2.01. The monoisotopic (exact) mass is 395 g/mol. The Morgan fingerprint density at radius 3 is 2.79 bits per heavy atom. The molecule has 7 heteroatoms. The van der Waals surface area contributed by atoms with Crippen LogP contribution < -0.4 is 4.90 Å². The van der Waals surface area contributed by atoms with Gasteiger partial charge in [-0.25, -0.2) is 9.50 Å². The van der Waals surface area contributed by atoms with E-state index in [2.05, 4.69) is 11.8 Å². The SMILES string of the molecule is Cc1ccc(C(=O)N2CCN(c3nccn4nc5c(c34)CC(C)CC5)CC2)s1. The first-order chi connectivity index (χ1) is 13.6. The molecule has 6 nitrogen and oxygen atoms in total. The molecule has 1 aliphatic carbocycles. The van der Waals surface area contributed by atoms with E-state index in [9.17, 15) is 4.79 Å². The molecule has 1 amide bonds. The van der Waals surface area contributed by atoms with E-state index < -0.39 is 0 Å². The summed E-state index contributed by atoms with van der Waals surface area (Å²) in [5.74, 6) is 1.86. The largest absolute Gasteiger partial charge is 0.351 e. The van der Waals surface area contributed by atoms with Crippen molar-refractivity contribution < 1.29 is 4.79 Å². The third-order valence-corrected chi connectivity index (χ3v) is 6.94. The van der Waals surface area contributed by atoms with Crippen LogP contribution in [0.1, 0.15) is 39.2 Å². The normalized spacial score (nSPS) is 19.9. The lowest BCUT2D eigenvalue weighted by atomic mass is 9.88. The summed E-state index contributed by atoms with van der Waals surface area (Å²) in [6.07, 6.45) is 7.15. The average Bonchev–Trinajstić information content (AvgIpc) is 3.30. The summed E-state index contributed by atoms with van der Waals surface area (Å²) in [7, 11) is 0. The Morgan fingerprint density at radius 1 is 1.21 bits per heavy atom. The highest BCUT2D eigenvalue weighted by molar-refractivity contribution is 7.13. The minimum absolute atomic E-state index is 0.152. The van der Waals surface area contributed by atoms with Gasteiger partial charge in [-0.15, -0.1) is 11.3 Å². The molecule has 28 heavy (non-hydrogen) atoms. The number of thiophene rings is 1. The standard InChI is InChI=1S/C21H25N5OS/c1-14-3-5-17-16(13-14)19-20(22-7-8-26(19)23-17)24-9-11-25(12-10-24)21(27)18-6-4-15(2)28-18/h4,6-8,14H,3,5,9-13H2,1-2H3. The van der Waals surface area contributed by atoms with Crippen molar-refractivity contribution in [1.29, 1.82) is 0 Å². The van der Waals surface area contributed by atoms with E-state index in [0.29, 0.717) is 5.92 Å². The highest BCUT2D eigenvalue weighted by Crippen LogP contribution is 2.32. The molecule has 3 aromatic heterocycles. The van der Waals surface area contributed by atoms with Gasteiger partial charge in [-0.2, -0.15) is 5.10 Å². The van der Waals surface area contributed by atoms with Crippen LogP contribution in [0.3, 0.4) is 0 Å². The predicted octanol–water partition coefficient (Wildman–Crippen LogP) is 3.19. The maximum atomic E-state index is 12.7. The van der Waals surface area contributed by atoms with Gasteiger partial charge in [-0.1, -0.05) is 6.92 Å². The van der Waals surface area contributed by atoms with Crippen molar-refractivity contribution >= 4 is 28.6 Å². The zero-order valence-corrected chi connectivity index (χ0v) is 17.2. The summed E-state index contributed by atoms with van der Waals surface area (Å²) in [6.45, 7) is 7.42. The van der Waals surface area contributed by atoms with E-state index in [0.717, 1.165) is 55.2 Å². The van der Waals surface area contributed by atoms with E-state index in [1.165, 1.54) is 22.6 Å². The van der Waals surface area contributed by atoms with Gasteiger partial charge >= 0.3 is 0 Å². The van der Waals surface area contributed by atoms with Crippen LogP contribution in [0.5, 0.6) is 0 Å². The van der Waals surface area contributed by atoms with E-state index in [4.69, 9.17) is 10.1 Å². The fraction of sp³-hybridized carbons (Fsp3) is 0.476. The van der Waals surface area contributed by atoms with Gasteiger partial charge in [0.2, 0.25) is 0 Å². The second-order valence-electron chi connectivity index (χ2n) is 8.01. The molecule has 0 N–H and O–H groups in total. The number of rotatable bonds is 2. The number of nitrogens with zero attached hydrogens (tertiary/aromatic N) is 5. The Morgan fingerprint density at radius 2 is 2.04 bits per heavy atom. The average molecular weight is 396 g/mol. The molecule has 5 rings (SSSR count). The molecule has 1 saturated heterocycles. The van der Waals surface area contributed by atoms with Crippen LogP contribution >= 0.6 is 11.3 Å². The number of carbonyl (C=O) groups excluding carboxylic acids is 1. The molecule has 1 aliphatic heterocycles. The van der Waals surface area contributed by atoms with Gasteiger partial charge < -0.3 is 9.80 Å². The number of anilines is 1. The first kappa shape index (κ1) is 17.7. The van der Waals surface area contributed by atoms with Crippen molar-refractivity contribution in [3.8, 4) is 0 Å². The summed E-state index contributed by atoms with van der Waals surface area (Å²) in [6, 6.07) is 3.96. The zero-order valence-electron chi connectivity index (χ0n) is 16.4. The molecule has 3 aromatic rings. The number of fused-ring (bicyclic) bond motifs is 3. The van der Waals surface area contributed by atoms with E-state index in [-0.39, 0.29) is 5.91 Å².